The molecule has 2 N–H and O–H groups in total. The molecule has 0 saturated carbocycles. The van der Waals surface area contributed by atoms with Gasteiger partial charge in [-0.25, -0.2) is 10.2 Å². The summed E-state index contributed by atoms with van der Waals surface area (Å²) < 4.78 is 10.1. The highest BCUT2D eigenvalue weighted by Crippen LogP contribution is 2.27. The van der Waals surface area contributed by atoms with Gasteiger partial charge in [-0.1, -0.05) is 24.3 Å². The molecule has 27 heavy (non-hydrogen) atoms. The van der Waals surface area contributed by atoms with Crippen molar-refractivity contribution in [3.63, 3.8) is 0 Å². The third-order valence-electron chi connectivity index (χ3n) is 4.02. The smallest absolute Gasteiger partial charge is 0.355 e. The van der Waals surface area contributed by atoms with Gasteiger partial charge in [0.15, 0.2) is 0 Å². The van der Waals surface area contributed by atoms with Crippen LogP contribution in [-0.2, 0) is 25.6 Å². The normalized spacial score (nSPS) is 19.3. The van der Waals surface area contributed by atoms with E-state index < -0.39 is 22.9 Å². The second-order valence-corrected chi connectivity index (χ2v) is 5.95. The quantitative estimate of drug-likeness (QED) is 0.416. The lowest BCUT2D eigenvalue weighted by Crippen LogP contribution is -2.46. The number of rotatable bonds is 7. The molecular formula is C18H23N3O6. The van der Waals surface area contributed by atoms with E-state index in [4.69, 9.17) is 9.47 Å². The molecule has 2 rings (SSSR count). The van der Waals surface area contributed by atoms with Crippen LogP contribution < -0.4 is 10.9 Å². The van der Waals surface area contributed by atoms with Crippen LogP contribution in [0.25, 0.3) is 0 Å². The van der Waals surface area contributed by atoms with E-state index in [1.807, 2.05) is 0 Å². The number of esters is 2. The molecule has 2 unspecified atom stereocenters. The van der Waals surface area contributed by atoms with Gasteiger partial charge in [0.25, 0.3) is 0 Å². The molecule has 1 aromatic rings. The number of hydrogen-bond donors (Lipinski definition) is 2. The first-order chi connectivity index (χ1) is 12.9. The first kappa shape index (κ1) is 20.4. The van der Waals surface area contributed by atoms with Crippen molar-refractivity contribution in [3.8, 4) is 0 Å². The third-order valence-corrected chi connectivity index (χ3v) is 4.02. The van der Waals surface area contributed by atoms with Crippen molar-refractivity contribution in [2.24, 2.45) is 0 Å². The Labute approximate surface area is 156 Å². The van der Waals surface area contributed by atoms with Crippen molar-refractivity contribution in [3.05, 3.63) is 57.3 Å². The average Bonchev–Trinajstić information content (AvgIpc) is 2.86. The molecule has 1 aromatic carbocycles. The summed E-state index contributed by atoms with van der Waals surface area (Å²) in [5.41, 5.74) is 7.14. The first-order valence-corrected chi connectivity index (χ1v) is 8.72. The van der Waals surface area contributed by atoms with Gasteiger partial charge in [-0.15, -0.1) is 0 Å². The van der Waals surface area contributed by atoms with Crippen LogP contribution >= 0.6 is 0 Å². The van der Waals surface area contributed by atoms with Gasteiger partial charge in [-0.3, -0.25) is 14.9 Å². The number of carbonyl (C=O) groups is 2. The lowest BCUT2D eigenvalue weighted by molar-refractivity contribution is -0.496. The predicted octanol–water partition coefficient (Wildman–Crippen LogP) is 1.42. The Morgan fingerprint density at radius 2 is 1.85 bits per heavy atom. The van der Waals surface area contributed by atoms with Crippen molar-refractivity contribution >= 4 is 11.9 Å². The second kappa shape index (κ2) is 9.67. The van der Waals surface area contributed by atoms with Gasteiger partial charge in [0.05, 0.1) is 13.2 Å². The van der Waals surface area contributed by atoms with Gasteiger partial charge < -0.3 is 14.9 Å². The van der Waals surface area contributed by atoms with Crippen LogP contribution in [0.4, 0.5) is 0 Å². The van der Waals surface area contributed by atoms with Gasteiger partial charge in [0.2, 0.25) is 6.54 Å². The zero-order valence-corrected chi connectivity index (χ0v) is 15.3. The van der Waals surface area contributed by atoms with Crippen LogP contribution in [0.1, 0.15) is 37.3 Å². The Bertz CT molecular complexity index is 716. The number of allylic oxidation sites excluding steroid dienone is 1. The van der Waals surface area contributed by atoms with Crippen LogP contribution in [0.5, 0.6) is 0 Å². The number of benzene rings is 1. The average molecular weight is 377 g/mol. The van der Waals surface area contributed by atoms with Gasteiger partial charge >= 0.3 is 11.9 Å². The van der Waals surface area contributed by atoms with Gasteiger partial charge in [-0.2, -0.15) is 0 Å². The van der Waals surface area contributed by atoms with E-state index in [1.165, 1.54) is 0 Å². The van der Waals surface area contributed by atoms with E-state index in [2.05, 4.69) is 10.9 Å². The van der Waals surface area contributed by atoms with E-state index in [1.54, 1.807) is 44.2 Å². The topological polar surface area (TPSA) is 120 Å². The first-order valence-electron chi connectivity index (χ1n) is 8.72. The minimum absolute atomic E-state index is 0.197. The molecule has 9 heteroatoms. The molecule has 146 valence electrons. The molecule has 1 heterocycles. The maximum absolute atomic E-state index is 12.2. The summed E-state index contributed by atoms with van der Waals surface area (Å²) in [7, 11) is 0. The molecule has 2 atom stereocenters. The standard InChI is InChI=1S/C18H23N3O6/c1-3-26-17(22)15-9-14(10-16(20-19-15)18(23)27-4-2)13-7-5-12(6-8-13)11-21(24)25/h5-9,14,16,19-20H,3-4,10-11H2,1-2H3. The van der Waals surface area contributed by atoms with E-state index in [-0.39, 0.29) is 31.4 Å². The summed E-state index contributed by atoms with van der Waals surface area (Å²) >= 11 is 0. The highest BCUT2D eigenvalue weighted by Gasteiger charge is 2.29. The molecule has 0 aliphatic carbocycles. The summed E-state index contributed by atoms with van der Waals surface area (Å²) in [5.74, 6) is -1.26. The summed E-state index contributed by atoms with van der Waals surface area (Å²) in [6.45, 7) is 3.63. The number of nitrogens with one attached hydrogen (secondary N) is 2. The minimum Gasteiger partial charge on any atom is -0.465 e. The molecule has 0 spiro atoms. The fraction of sp³-hybridized carbons (Fsp3) is 0.444. The van der Waals surface area contributed by atoms with Crippen LogP contribution in [-0.4, -0.2) is 36.1 Å². The molecular weight excluding hydrogens is 354 g/mol. The Morgan fingerprint density at radius 3 is 2.44 bits per heavy atom. The maximum Gasteiger partial charge on any atom is 0.355 e. The number of ether oxygens (including phenoxy) is 2. The van der Waals surface area contributed by atoms with Crippen molar-refractivity contribution in [2.45, 2.75) is 38.8 Å². The Kier molecular flexibility index (Phi) is 7.30. The summed E-state index contributed by atoms with van der Waals surface area (Å²) in [5, 5.41) is 10.6. The Balaban J connectivity index is 2.28. The number of carbonyl (C=O) groups excluding carboxylic acids is 2. The summed E-state index contributed by atoms with van der Waals surface area (Å²) in [4.78, 5) is 34.5. The number of nitro groups is 1. The number of hydrazine groups is 1. The monoisotopic (exact) mass is 377 g/mol. The zero-order chi connectivity index (χ0) is 19.8. The number of hydrogen-bond acceptors (Lipinski definition) is 8. The Hall–Kier alpha value is -2.94. The molecule has 0 saturated heterocycles. The molecule has 0 amide bonds. The van der Waals surface area contributed by atoms with Crippen molar-refractivity contribution in [1.29, 1.82) is 0 Å². The van der Waals surface area contributed by atoms with Crippen LogP contribution in [0, 0.1) is 10.1 Å². The highest BCUT2D eigenvalue weighted by molar-refractivity contribution is 5.88. The highest BCUT2D eigenvalue weighted by atomic mass is 16.6. The predicted molar refractivity (Wildman–Crippen MR) is 95.9 cm³/mol. The Morgan fingerprint density at radius 1 is 1.19 bits per heavy atom. The van der Waals surface area contributed by atoms with E-state index in [9.17, 15) is 19.7 Å². The maximum atomic E-state index is 12.2. The summed E-state index contributed by atoms with van der Waals surface area (Å²) in [6.07, 6.45) is 2.04. The fourth-order valence-electron chi connectivity index (χ4n) is 2.77. The van der Waals surface area contributed by atoms with E-state index in [0.29, 0.717) is 12.0 Å². The van der Waals surface area contributed by atoms with Crippen molar-refractivity contribution < 1.29 is 24.0 Å². The van der Waals surface area contributed by atoms with Gasteiger partial charge in [0.1, 0.15) is 11.7 Å². The van der Waals surface area contributed by atoms with Crippen molar-refractivity contribution in [2.75, 3.05) is 13.2 Å². The van der Waals surface area contributed by atoms with Gasteiger partial charge in [-0.05, 0) is 31.9 Å². The SMILES string of the molecule is CCOC(=O)C1=CC(c2ccc(C[N+](=O)[O-])cc2)CC(C(=O)OCC)NN1. The van der Waals surface area contributed by atoms with E-state index >= 15 is 0 Å². The number of nitrogens with zero attached hydrogens (tertiary/aromatic N) is 1. The summed E-state index contributed by atoms with van der Waals surface area (Å²) in [6, 6.07) is 6.19. The third kappa shape index (κ3) is 5.78. The largest absolute Gasteiger partial charge is 0.465 e. The molecule has 0 radical (unpaired) electrons. The molecule has 0 bridgehead atoms. The molecule has 1 aliphatic rings. The van der Waals surface area contributed by atoms with Crippen LogP contribution in [0.2, 0.25) is 0 Å². The minimum atomic E-state index is -0.670. The molecule has 1 aliphatic heterocycles. The van der Waals surface area contributed by atoms with Crippen molar-refractivity contribution in [1.82, 2.24) is 10.9 Å². The molecule has 0 aromatic heterocycles. The van der Waals surface area contributed by atoms with Gasteiger partial charge in [0, 0.05) is 16.4 Å². The van der Waals surface area contributed by atoms with Crippen LogP contribution in [0.3, 0.4) is 0 Å². The van der Waals surface area contributed by atoms with Crippen LogP contribution in [0.15, 0.2) is 36.0 Å². The lowest BCUT2D eigenvalue weighted by Gasteiger charge is -2.18. The molecule has 9 nitrogen and oxygen atoms in total. The second-order valence-electron chi connectivity index (χ2n) is 5.95. The molecule has 0 fully saturated rings. The lowest BCUT2D eigenvalue weighted by atomic mass is 9.91. The fourth-order valence-corrected chi connectivity index (χ4v) is 2.77. The van der Waals surface area contributed by atoms with E-state index in [0.717, 1.165) is 5.56 Å². The zero-order valence-electron chi connectivity index (χ0n) is 15.3.